The van der Waals surface area contributed by atoms with Gasteiger partial charge in [0.05, 0.1) is 0 Å². The van der Waals surface area contributed by atoms with Gasteiger partial charge < -0.3 is 10.1 Å². The van der Waals surface area contributed by atoms with E-state index in [-0.39, 0.29) is 35.8 Å². The van der Waals surface area contributed by atoms with Gasteiger partial charge in [0.1, 0.15) is 11.4 Å². The number of alkyl halides is 3. The summed E-state index contributed by atoms with van der Waals surface area (Å²) < 4.78 is 41.5. The number of ether oxygens (including phenoxy) is 1. The molecule has 10 heteroatoms. The molecule has 2 amide bonds. The molecular formula is C19H19F3N4O3. The van der Waals surface area contributed by atoms with E-state index in [1.54, 1.807) is 19.1 Å². The maximum Gasteiger partial charge on any atom is 0.422 e. The number of benzene rings is 1. The van der Waals surface area contributed by atoms with Crippen LogP contribution in [-0.2, 0) is 11.3 Å². The molecule has 0 bridgehead atoms. The molecular weight excluding hydrogens is 389 g/mol. The second-order valence-electron chi connectivity index (χ2n) is 6.72. The lowest BCUT2D eigenvalue weighted by Gasteiger charge is -2.13. The fourth-order valence-electron chi connectivity index (χ4n) is 2.52. The zero-order valence-corrected chi connectivity index (χ0v) is 15.5. The fraction of sp³-hybridized carbons (Fsp3) is 0.368. The van der Waals surface area contributed by atoms with Gasteiger partial charge in [0.2, 0.25) is 11.9 Å². The molecule has 0 spiro atoms. The zero-order chi connectivity index (χ0) is 21.0. The standard InChI is InChI=1S/C19H19F3N4O3/c1-11-8-12(2-5-15(11)29-10-19(20,21)22)9-24-17(28)14-6-7-23-18(25-14)26-16(27)13-3-4-13/h2,5-8,13H,3-4,9-10H2,1H3,(H,24,28)(H,23,25,26,27). The van der Waals surface area contributed by atoms with Crippen molar-refractivity contribution in [2.75, 3.05) is 11.9 Å². The van der Waals surface area contributed by atoms with Gasteiger partial charge in [0.15, 0.2) is 6.61 Å². The highest BCUT2D eigenvalue weighted by Crippen LogP contribution is 2.29. The Morgan fingerprint density at radius 1 is 1.24 bits per heavy atom. The lowest BCUT2D eigenvalue weighted by atomic mass is 10.1. The van der Waals surface area contributed by atoms with Crippen molar-refractivity contribution in [3.8, 4) is 5.75 Å². The minimum absolute atomic E-state index is 0.0117. The summed E-state index contributed by atoms with van der Waals surface area (Å²) in [6, 6.07) is 6.05. The van der Waals surface area contributed by atoms with Crippen LogP contribution in [0.4, 0.5) is 19.1 Å². The van der Waals surface area contributed by atoms with Gasteiger partial charge in [-0.2, -0.15) is 13.2 Å². The largest absolute Gasteiger partial charge is 0.484 e. The normalized spacial score (nSPS) is 13.7. The molecule has 1 aromatic heterocycles. The Morgan fingerprint density at radius 3 is 2.66 bits per heavy atom. The van der Waals surface area contributed by atoms with Crippen molar-refractivity contribution in [1.29, 1.82) is 0 Å². The van der Waals surface area contributed by atoms with Crippen LogP contribution in [-0.4, -0.2) is 34.6 Å². The van der Waals surface area contributed by atoms with Gasteiger partial charge in [-0.1, -0.05) is 12.1 Å². The highest BCUT2D eigenvalue weighted by atomic mass is 19.4. The molecule has 29 heavy (non-hydrogen) atoms. The second kappa shape index (κ2) is 8.46. The number of amides is 2. The van der Waals surface area contributed by atoms with E-state index in [1.165, 1.54) is 18.3 Å². The number of anilines is 1. The minimum Gasteiger partial charge on any atom is -0.484 e. The summed E-state index contributed by atoms with van der Waals surface area (Å²) in [5.41, 5.74) is 1.30. The molecule has 3 rings (SSSR count). The van der Waals surface area contributed by atoms with Crippen molar-refractivity contribution in [1.82, 2.24) is 15.3 Å². The first kappa shape index (κ1) is 20.6. The monoisotopic (exact) mass is 408 g/mol. The summed E-state index contributed by atoms with van der Waals surface area (Å²) >= 11 is 0. The van der Waals surface area contributed by atoms with E-state index in [0.29, 0.717) is 11.1 Å². The third-order valence-electron chi connectivity index (χ3n) is 4.16. The van der Waals surface area contributed by atoms with Crippen molar-refractivity contribution in [3.05, 3.63) is 47.3 Å². The minimum atomic E-state index is -4.41. The van der Waals surface area contributed by atoms with Crippen LogP contribution in [0.1, 0.15) is 34.5 Å². The number of nitrogens with zero attached hydrogens (tertiary/aromatic N) is 2. The van der Waals surface area contributed by atoms with Gasteiger partial charge in [-0.05, 0) is 43.0 Å². The average Bonchev–Trinajstić information content (AvgIpc) is 3.50. The predicted octanol–water partition coefficient (Wildman–Crippen LogP) is 3.00. The van der Waals surface area contributed by atoms with Gasteiger partial charge in [-0.25, -0.2) is 9.97 Å². The first-order chi connectivity index (χ1) is 13.7. The van der Waals surface area contributed by atoms with Gasteiger partial charge in [0.25, 0.3) is 5.91 Å². The Labute approximate surface area is 164 Å². The highest BCUT2D eigenvalue weighted by molar-refractivity contribution is 5.94. The number of aryl methyl sites for hydroxylation is 1. The zero-order valence-electron chi connectivity index (χ0n) is 15.5. The third-order valence-corrected chi connectivity index (χ3v) is 4.16. The molecule has 0 saturated heterocycles. The number of halogens is 3. The number of hydrogen-bond donors (Lipinski definition) is 2. The number of aromatic nitrogens is 2. The van der Waals surface area contributed by atoms with E-state index in [2.05, 4.69) is 20.6 Å². The van der Waals surface area contributed by atoms with E-state index >= 15 is 0 Å². The fourth-order valence-corrected chi connectivity index (χ4v) is 2.52. The molecule has 1 fully saturated rings. The molecule has 2 N–H and O–H groups in total. The van der Waals surface area contributed by atoms with Crippen LogP contribution in [0.5, 0.6) is 5.75 Å². The van der Waals surface area contributed by atoms with Crippen LogP contribution in [0.25, 0.3) is 0 Å². The van der Waals surface area contributed by atoms with Gasteiger partial charge in [-0.15, -0.1) is 0 Å². The molecule has 0 aliphatic heterocycles. The van der Waals surface area contributed by atoms with Crippen LogP contribution in [0, 0.1) is 12.8 Å². The van der Waals surface area contributed by atoms with Crippen LogP contribution >= 0.6 is 0 Å². The van der Waals surface area contributed by atoms with Crippen molar-refractivity contribution in [3.63, 3.8) is 0 Å². The van der Waals surface area contributed by atoms with Crippen LogP contribution in [0.15, 0.2) is 30.5 Å². The molecule has 0 unspecified atom stereocenters. The summed E-state index contributed by atoms with van der Waals surface area (Å²) in [6.45, 7) is 0.403. The summed E-state index contributed by atoms with van der Waals surface area (Å²) in [4.78, 5) is 32.0. The van der Waals surface area contributed by atoms with Crippen molar-refractivity contribution < 1.29 is 27.5 Å². The highest BCUT2D eigenvalue weighted by Gasteiger charge is 2.30. The second-order valence-corrected chi connectivity index (χ2v) is 6.72. The Morgan fingerprint density at radius 2 is 2.00 bits per heavy atom. The number of nitrogens with one attached hydrogen (secondary N) is 2. The molecule has 2 aromatic rings. The van der Waals surface area contributed by atoms with E-state index in [1.807, 2.05) is 0 Å². The molecule has 1 aliphatic carbocycles. The Hall–Kier alpha value is -3.17. The predicted molar refractivity (Wildman–Crippen MR) is 97.3 cm³/mol. The van der Waals surface area contributed by atoms with E-state index in [0.717, 1.165) is 12.8 Å². The summed E-state index contributed by atoms with van der Waals surface area (Å²) in [6.07, 6.45) is -1.36. The maximum absolute atomic E-state index is 12.3. The van der Waals surface area contributed by atoms with E-state index in [9.17, 15) is 22.8 Å². The average molecular weight is 408 g/mol. The SMILES string of the molecule is Cc1cc(CNC(=O)c2ccnc(NC(=O)C3CC3)n2)ccc1OCC(F)(F)F. The molecule has 1 aromatic carbocycles. The Kier molecular flexibility index (Phi) is 6.00. The number of hydrogen-bond acceptors (Lipinski definition) is 5. The molecule has 154 valence electrons. The van der Waals surface area contributed by atoms with Gasteiger partial charge in [-0.3, -0.25) is 14.9 Å². The lowest BCUT2D eigenvalue weighted by Crippen LogP contribution is -2.25. The maximum atomic E-state index is 12.3. The molecule has 1 saturated carbocycles. The molecule has 1 aliphatic rings. The molecule has 0 atom stereocenters. The summed E-state index contributed by atoms with van der Waals surface area (Å²) in [5.74, 6) is -0.446. The van der Waals surface area contributed by atoms with Gasteiger partial charge in [0, 0.05) is 18.7 Å². The van der Waals surface area contributed by atoms with Crippen LogP contribution in [0.3, 0.4) is 0 Å². The van der Waals surface area contributed by atoms with Crippen LogP contribution < -0.4 is 15.4 Å². The quantitative estimate of drug-likeness (QED) is 0.735. The lowest BCUT2D eigenvalue weighted by molar-refractivity contribution is -0.153. The topological polar surface area (TPSA) is 93.2 Å². The molecule has 1 heterocycles. The Bertz CT molecular complexity index is 914. The Balaban J connectivity index is 1.56. The number of rotatable bonds is 7. The van der Waals surface area contributed by atoms with Crippen molar-refractivity contribution >= 4 is 17.8 Å². The van der Waals surface area contributed by atoms with Crippen LogP contribution in [0.2, 0.25) is 0 Å². The van der Waals surface area contributed by atoms with Crippen molar-refractivity contribution in [2.45, 2.75) is 32.5 Å². The van der Waals surface area contributed by atoms with E-state index < -0.39 is 18.7 Å². The summed E-state index contributed by atoms with van der Waals surface area (Å²) in [7, 11) is 0. The smallest absolute Gasteiger partial charge is 0.422 e. The number of carbonyl (C=O) groups excluding carboxylic acids is 2. The van der Waals surface area contributed by atoms with E-state index in [4.69, 9.17) is 4.74 Å². The molecule has 0 radical (unpaired) electrons. The summed E-state index contributed by atoms with van der Waals surface area (Å²) in [5, 5.41) is 5.25. The first-order valence-corrected chi connectivity index (χ1v) is 8.92. The third kappa shape index (κ3) is 6.16. The number of carbonyl (C=O) groups is 2. The van der Waals surface area contributed by atoms with Crippen molar-refractivity contribution in [2.24, 2.45) is 5.92 Å². The molecule has 7 nitrogen and oxygen atoms in total. The van der Waals surface area contributed by atoms with Gasteiger partial charge >= 0.3 is 6.18 Å². The first-order valence-electron chi connectivity index (χ1n) is 8.92.